The Balaban J connectivity index is 1.68. The molecule has 1 aromatic carbocycles. The maximum Gasteiger partial charge on any atom is 0.352 e. The molecule has 0 bridgehead atoms. The van der Waals surface area contributed by atoms with Gasteiger partial charge in [-0.05, 0) is 41.5 Å². The van der Waals surface area contributed by atoms with E-state index in [9.17, 15) is 14.4 Å². The van der Waals surface area contributed by atoms with E-state index in [0.717, 1.165) is 17.5 Å². The predicted molar refractivity (Wildman–Crippen MR) is 123 cm³/mol. The molecule has 0 saturated heterocycles. The van der Waals surface area contributed by atoms with Gasteiger partial charge in [0.1, 0.15) is 11.2 Å². The third kappa shape index (κ3) is 3.93. The van der Waals surface area contributed by atoms with E-state index < -0.39 is 5.69 Å². The lowest BCUT2D eigenvalue weighted by Crippen LogP contribution is -2.29. The fraction of sp³-hybridized carbons (Fsp3) is 0.364. The normalized spacial score (nSPS) is 11.6. The number of amides is 1. The monoisotopic (exact) mass is 439 g/mol. The maximum atomic E-state index is 13.1. The molecule has 0 unspecified atom stereocenters. The molecule has 4 rings (SSSR count). The van der Waals surface area contributed by atoms with E-state index in [1.807, 2.05) is 31.2 Å². The van der Waals surface area contributed by atoms with E-state index in [-0.39, 0.29) is 23.8 Å². The van der Waals surface area contributed by atoms with Gasteiger partial charge in [-0.2, -0.15) is 0 Å². The molecule has 0 atom stereocenters. The lowest BCUT2D eigenvalue weighted by Gasteiger charge is -2.08. The number of nitrogens with one attached hydrogen (secondary N) is 1. The number of nitrogens with zero attached hydrogens (tertiary/aromatic N) is 4. The number of benzene rings is 1. The van der Waals surface area contributed by atoms with Crippen molar-refractivity contribution >= 4 is 38.9 Å². The van der Waals surface area contributed by atoms with Crippen molar-refractivity contribution in [2.24, 2.45) is 0 Å². The van der Waals surface area contributed by atoms with Gasteiger partial charge in [0.05, 0.1) is 5.52 Å². The number of unbranched alkanes of at least 4 members (excludes halogenated alkanes) is 1. The molecule has 0 fully saturated rings. The second-order valence-electron chi connectivity index (χ2n) is 7.85. The molecule has 0 saturated carbocycles. The zero-order valence-corrected chi connectivity index (χ0v) is 18.6. The Kier molecular flexibility index (Phi) is 5.77. The third-order valence-electron chi connectivity index (χ3n) is 5.28. The zero-order valence-electron chi connectivity index (χ0n) is 17.8. The van der Waals surface area contributed by atoms with Crippen molar-refractivity contribution in [3.63, 3.8) is 0 Å². The Morgan fingerprint density at radius 3 is 2.58 bits per heavy atom. The number of fused-ring (bicyclic) bond motifs is 3. The van der Waals surface area contributed by atoms with Crippen LogP contribution in [0.25, 0.3) is 16.0 Å². The van der Waals surface area contributed by atoms with Gasteiger partial charge in [-0.3, -0.25) is 14.2 Å². The number of rotatable bonds is 7. The summed E-state index contributed by atoms with van der Waals surface area (Å²) in [6.45, 7) is 6.48. The van der Waals surface area contributed by atoms with Crippen LogP contribution in [-0.2, 0) is 17.9 Å². The average Bonchev–Trinajstić information content (AvgIpc) is 3.34. The minimum absolute atomic E-state index is 0.155. The number of aromatic nitrogens is 4. The van der Waals surface area contributed by atoms with Gasteiger partial charge in [-0.25, -0.2) is 13.9 Å². The zero-order chi connectivity index (χ0) is 22.1. The Bertz CT molecular complexity index is 1360. The van der Waals surface area contributed by atoms with E-state index in [4.69, 9.17) is 0 Å². The van der Waals surface area contributed by atoms with Crippen LogP contribution in [0.3, 0.4) is 0 Å². The van der Waals surface area contributed by atoms with Crippen LogP contribution in [-0.4, -0.2) is 24.7 Å². The highest BCUT2D eigenvalue weighted by Gasteiger charge is 2.19. The maximum absolute atomic E-state index is 13.1. The number of thiophene rings is 1. The molecule has 0 radical (unpaired) electrons. The summed E-state index contributed by atoms with van der Waals surface area (Å²) in [5, 5.41) is 8.94. The number of carbonyl (C=O) groups excluding carboxylic acids is 1. The van der Waals surface area contributed by atoms with Crippen LogP contribution in [0.4, 0.5) is 5.69 Å². The van der Waals surface area contributed by atoms with Crippen LogP contribution in [0.15, 0.2) is 45.3 Å². The first-order valence-electron chi connectivity index (χ1n) is 10.4. The van der Waals surface area contributed by atoms with Crippen LogP contribution in [0, 0.1) is 0 Å². The van der Waals surface area contributed by atoms with Crippen molar-refractivity contribution in [1.82, 2.24) is 18.7 Å². The molecule has 0 spiro atoms. The molecule has 0 aliphatic carbocycles. The Morgan fingerprint density at radius 1 is 1.16 bits per heavy atom. The van der Waals surface area contributed by atoms with E-state index in [0.29, 0.717) is 28.4 Å². The van der Waals surface area contributed by atoms with Crippen molar-refractivity contribution < 1.29 is 4.79 Å². The minimum Gasteiger partial charge on any atom is -0.324 e. The van der Waals surface area contributed by atoms with Crippen LogP contribution in [0.2, 0.25) is 0 Å². The standard InChI is InChI=1S/C22H25N5O3S/c1-4-5-11-25-20(29)19-17(10-12-31-19)27-21(25)24-26(22(27)30)13-18(28)23-16-8-6-15(7-9-16)14(2)3/h6-10,12,14H,4-5,11,13H2,1-3H3,(H,23,28). The Morgan fingerprint density at radius 2 is 1.90 bits per heavy atom. The quantitative estimate of drug-likeness (QED) is 0.478. The molecule has 31 heavy (non-hydrogen) atoms. The summed E-state index contributed by atoms with van der Waals surface area (Å²) < 4.78 is 4.59. The first kappa shape index (κ1) is 21.0. The molecule has 4 aromatic rings. The predicted octanol–water partition coefficient (Wildman–Crippen LogP) is 3.43. The lowest BCUT2D eigenvalue weighted by atomic mass is 10.0. The first-order valence-corrected chi connectivity index (χ1v) is 11.3. The highest BCUT2D eigenvalue weighted by Crippen LogP contribution is 2.18. The van der Waals surface area contributed by atoms with Gasteiger partial charge in [0.15, 0.2) is 0 Å². The molecule has 3 heterocycles. The molecule has 1 amide bonds. The Labute approximate surface area is 182 Å². The van der Waals surface area contributed by atoms with Crippen molar-refractivity contribution in [3.05, 3.63) is 62.1 Å². The molecule has 0 aliphatic heterocycles. The first-order chi connectivity index (χ1) is 14.9. The fourth-order valence-electron chi connectivity index (χ4n) is 3.54. The van der Waals surface area contributed by atoms with Gasteiger partial charge in [-0.15, -0.1) is 16.4 Å². The molecular weight excluding hydrogens is 414 g/mol. The van der Waals surface area contributed by atoms with Crippen LogP contribution < -0.4 is 16.6 Å². The molecule has 8 nitrogen and oxygen atoms in total. The highest BCUT2D eigenvalue weighted by molar-refractivity contribution is 7.17. The summed E-state index contributed by atoms with van der Waals surface area (Å²) in [4.78, 5) is 38.5. The van der Waals surface area contributed by atoms with Crippen molar-refractivity contribution in [2.45, 2.75) is 52.6 Å². The third-order valence-corrected chi connectivity index (χ3v) is 6.17. The number of hydrogen-bond donors (Lipinski definition) is 1. The van der Waals surface area contributed by atoms with Gasteiger partial charge in [0.2, 0.25) is 11.7 Å². The lowest BCUT2D eigenvalue weighted by molar-refractivity contribution is -0.117. The second kappa shape index (κ2) is 8.50. The van der Waals surface area contributed by atoms with E-state index in [2.05, 4.69) is 24.3 Å². The van der Waals surface area contributed by atoms with Gasteiger partial charge in [-0.1, -0.05) is 39.3 Å². The van der Waals surface area contributed by atoms with Crippen LogP contribution in [0.1, 0.15) is 45.1 Å². The van der Waals surface area contributed by atoms with Crippen molar-refractivity contribution in [1.29, 1.82) is 0 Å². The highest BCUT2D eigenvalue weighted by atomic mass is 32.1. The summed E-state index contributed by atoms with van der Waals surface area (Å²) in [5.41, 5.74) is 1.77. The molecule has 0 aliphatic rings. The van der Waals surface area contributed by atoms with Crippen LogP contribution in [0.5, 0.6) is 0 Å². The summed E-state index contributed by atoms with van der Waals surface area (Å²) in [6, 6.07) is 9.37. The van der Waals surface area contributed by atoms with E-state index in [1.165, 1.54) is 25.9 Å². The van der Waals surface area contributed by atoms with Gasteiger partial charge < -0.3 is 5.32 Å². The molecule has 162 valence electrons. The van der Waals surface area contributed by atoms with Gasteiger partial charge >= 0.3 is 5.69 Å². The topological polar surface area (TPSA) is 90.4 Å². The molecule has 9 heteroatoms. The van der Waals surface area contributed by atoms with Gasteiger partial charge in [0.25, 0.3) is 5.56 Å². The fourth-order valence-corrected chi connectivity index (χ4v) is 4.37. The average molecular weight is 440 g/mol. The molecule has 1 N–H and O–H groups in total. The number of hydrogen-bond acceptors (Lipinski definition) is 5. The SMILES string of the molecule is CCCCn1c(=O)c2sccc2n2c(=O)n(CC(=O)Nc3ccc(C(C)C)cc3)nc12. The largest absolute Gasteiger partial charge is 0.352 e. The molecular formula is C22H25N5O3S. The number of carbonyl (C=O) groups is 1. The van der Waals surface area contributed by atoms with Crippen LogP contribution >= 0.6 is 11.3 Å². The second-order valence-corrected chi connectivity index (χ2v) is 8.76. The van der Waals surface area contributed by atoms with E-state index >= 15 is 0 Å². The minimum atomic E-state index is -0.436. The van der Waals surface area contributed by atoms with Gasteiger partial charge in [0, 0.05) is 12.2 Å². The number of anilines is 1. The summed E-state index contributed by atoms with van der Waals surface area (Å²) in [6.07, 6.45) is 1.70. The van der Waals surface area contributed by atoms with E-state index in [1.54, 1.807) is 11.4 Å². The summed E-state index contributed by atoms with van der Waals surface area (Å²) in [5.74, 6) is 0.316. The smallest absolute Gasteiger partial charge is 0.324 e. The molecule has 3 aromatic heterocycles. The Hall–Kier alpha value is -3.20. The summed E-state index contributed by atoms with van der Waals surface area (Å²) >= 11 is 1.30. The summed E-state index contributed by atoms with van der Waals surface area (Å²) in [7, 11) is 0. The van der Waals surface area contributed by atoms with Crippen molar-refractivity contribution in [3.8, 4) is 0 Å². The van der Waals surface area contributed by atoms with Crippen molar-refractivity contribution in [2.75, 3.05) is 5.32 Å². The number of aryl methyl sites for hydroxylation is 1.